The highest BCUT2D eigenvalue weighted by Gasteiger charge is 2.36. The lowest BCUT2D eigenvalue weighted by Crippen LogP contribution is -2.20. The van der Waals surface area contributed by atoms with Gasteiger partial charge in [0.1, 0.15) is 5.82 Å². The van der Waals surface area contributed by atoms with E-state index in [1.807, 2.05) is 0 Å². The quantitative estimate of drug-likeness (QED) is 0.729. The van der Waals surface area contributed by atoms with Crippen molar-refractivity contribution in [1.29, 1.82) is 0 Å². The van der Waals surface area contributed by atoms with Gasteiger partial charge in [0.15, 0.2) is 5.16 Å². The number of rotatable bonds is 7. The van der Waals surface area contributed by atoms with Gasteiger partial charge in [0.05, 0.1) is 6.10 Å². The predicted molar refractivity (Wildman–Crippen MR) is 70.7 cm³/mol. The minimum Gasteiger partial charge on any atom is -0.392 e. The van der Waals surface area contributed by atoms with Crippen LogP contribution < -0.4 is 5.73 Å². The fraction of sp³-hybridized carbons (Fsp3) is 0.833. The summed E-state index contributed by atoms with van der Waals surface area (Å²) in [5.74, 6) is 2.70. The molecule has 1 aromatic rings. The summed E-state index contributed by atoms with van der Waals surface area (Å²) >= 11 is 1.70. The summed E-state index contributed by atoms with van der Waals surface area (Å²) in [6.45, 7) is 0.337. The van der Waals surface area contributed by atoms with Gasteiger partial charge in [-0.25, -0.2) is 0 Å². The molecular weight excluding hydrogens is 248 g/mol. The highest BCUT2D eigenvalue weighted by atomic mass is 32.2. The topological polar surface area (TPSA) is 77.0 Å². The molecule has 0 aliphatic heterocycles. The van der Waals surface area contributed by atoms with Crippen LogP contribution in [0.25, 0.3) is 0 Å². The third-order valence-corrected chi connectivity index (χ3v) is 4.48. The maximum Gasteiger partial charge on any atom is 0.191 e. The minimum absolute atomic E-state index is 0.337. The minimum atomic E-state index is -0.391. The summed E-state index contributed by atoms with van der Waals surface area (Å²) in [6, 6.07) is 0.637. The Morgan fingerprint density at radius 2 is 2.11 bits per heavy atom. The zero-order valence-electron chi connectivity index (χ0n) is 10.5. The van der Waals surface area contributed by atoms with E-state index in [1.165, 1.54) is 31.5 Å². The number of hydrogen-bond donors (Lipinski definition) is 2. The molecular formula is C12H20N4OS. The lowest BCUT2D eigenvalue weighted by Gasteiger charge is -2.09. The normalized spacial score (nSPS) is 21.2. The first-order valence-corrected chi connectivity index (χ1v) is 7.74. The maximum atomic E-state index is 9.45. The van der Waals surface area contributed by atoms with Crippen molar-refractivity contribution in [2.75, 3.05) is 12.3 Å². The van der Waals surface area contributed by atoms with Crippen molar-refractivity contribution in [1.82, 2.24) is 14.8 Å². The second-order valence-corrected chi connectivity index (χ2v) is 6.30. The van der Waals surface area contributed by atoms with Crippen LogP contribution in [-0.4, -0.2) is 38.3 Å². The molecule has 0 radical (unpaired) electrons. The van der Waals surface area contributed by atoms with Gasteiger partial charge < -0.3 is 15.4 Å². The Morgan fingerprint density at radius 3 is 2.72 bits per heavy atom. The SMILES string of the molecule is NCC(O)CCSc1nnc(C2CC2)n1C1CC1. The van der Waals surface area contributed by atoms with Crippen molar-refractivity contribution in [3.63, 3.8) is 0 Å². The summed E-state index contributed by atoms with van der Waals surface area (Å²) in [5.41, 5.74) is 5.40. The van der Waals surface area contributed by atoms with Crippen molar-refractivity contribution in [3.8, 4) is 0 Å². The maximum absolute atomic E-state index is 9.45. The molecule has 6 heteroatoms. The van der Waals surface area contributed by atoms with Crippen LogP contribution in [0, 0.1) is 0 Å². The van der Waals surface area contributed by atoms with E-state index in [-0.39, 0.29) is 0 Å². The second-order valence-electron chi connectivity index (χ2n) is 5.24. The van der Waals surface area contributed by atoms with Gasteiger partial charge in [0, 0.05) is 24.3 Å². The Bertz CT molecular complexity index is 414. The van der Waals surface area contributed by atoms with Crippen LogP contribution in [0.1, 0.15) is 49.9 Å². The van der Waals surface area contributed by atoms with Gasteiger partial charge in [-0.1, -0.05) is 11.8 Å². The average molecular weight is 268 g/mol. The molecule has 2 aliphatic rings. The standard InChI is InChI=1S/C12H20N4OS/c13-7-10(17)5-6-18-12-15-14-11(8-1-2-8)16(12)9-3-4-9/h8-10,17H,1-7,13H2. The number of hydrogen-bond acceptors (Lipinski definition) is 5. The van der Waals surface area contributed by atoms with E-state index >= 15 is 0 Å². The van der Waals surface area contributed by atoms with E-state index in [2.05, 4.69) is 14.8 Å². The monoisotopic (exact) mass is 268 g/mol. The van der Waals surface area contributed by atoms with E-state index in [4.69, 9.17) is 5.73 Å². The molecule has 2 fully saturated rings. The van der Waals surface area contributed by atoms with E-state index in [0.717, 1.165) is 17.3 Å². The molecule has 1 unspecified atom stereocenters. The summed E-state index contributed by atoms with van der Waals surface area (Å²) in [4.78, 5) is 0. The third kappa shape index (κ3) is 2.70. The first-order chi connectivity index (χ1) is 8.79. The molecule has 2 aliphatic carbocycles. The number of aliphatic hydroxyl groups is 1. The number of aliphatic hydroxyl groups excluding tert-OH is 1. The fourth-order valence-corrected chi connectivity index (χ4v) is 3.14. The Labute approximate surface area is 111 Å². The lowest BCUT2D eigenvalue weighted by molar-refractivity contribution is 0.180. The first-order valence-electron chi connectivity index (χ1n) is 6.75. The molecule has 1 heterocycles. The largest absolute Gasteiger partial charge is 0.392 e. The molecule has 0 saturated heterocycles. The molecule has 18 heavy (non-hydrogen) atoms. The molecule has 0 bridgehead atoms. The highest BCUT2D eigenvalue weighted by Crippen LogP contribution is 2.45. The number of aromatic nitrogens is 3. The molecule has 5 nitrogen and oxygen atoms in total. The molecule has 100 valence electrons. The van der Waals surface area contributed by atoms with Crippen LogP contribution in [0.15, 0.2) is 5.16 Å². The molecule has 0 amide bonds. The van der Waals surface area contributed by atoms with E-state index in [1.54, 1.807) is 11.8 Å². The molecule has 0 aromatic carbocycles. The van der Waals surface area contributed by atoms with Crippen molar-refractivity contribution >= 4 is 11.8 Å². The Kier molecular flexibility index (Phi) is 3.59. The summed E-state index contributed by atoms with van der Waals surface area (Å²) in [7, 11) is 0. The third-order valence-electron chi connectivity index (χ3n) is 3.50. The Balaban J connectivity index is 1.64. The van der Waals surface area contributed by atoms with Crippen LogP contribution in [-0.2, 0) is 0 Å². The van der Waals surface area contributed by atoms with Gasteiger partial charge in [-0.2, -0.15) is 0 Å². The van der Waals surface area contributed by atoms with E-state index in [9.17, 15) is 5.11 Å². The van der Waals surface area contributed by atoms with Gasteiger partial charge >= 0.3 is 0 Å². The van der Waals surface area contributed by atoms with Crippen molar-refractivity contribution in [2.24, 2.45) is 5.73 Å². The van der Waals surface area contributed by atoms with Crippen LogP contribution in [0.2, 0.25) is 0 Å². The Hall–Kier alpha value is -0.590. The zero-order chi connectivity index (χ0) is 12.5. The lowest BCUT2D eigenvalue weighted by atomic mass is 10.3. The van der Waals surface area contributed by atoms with E-state index in [0.29, 0.717) is 18.5 Å². The number of nitrogens with zero attached hydrogens (tertiary/aromatic N) is 3. The predicted octanol–water partition coefficient (Wildman–Crippen LogP) is 1.29. The van der Waals surface area contributed by atoms with Crippen LogP contribution >= 0.6 is 11.8 Å². The second kappa shape index (κ2) is 5.19. The summed E-state index contributed by atoms with van der Waals surface area (Å²) in [5, 5.41) is 19.2. The summed E-state index contributed by atoms with van der Waals surface area (Å²) in [6.07, 6.45) is 5.38. The molecule has 3 N–H and O–H groups in total. The highest BCUT2D eigenvalue weighted by molar-refractivity contribution is 7.99. The molecule has 0 spiro atoms. The number of thioether (sulfide) groups is 1. The van der Waals surface area contributed by atoms with Crippen LogP contribution in [0.3, 0.4) is 0 Å². The first kappa shape index (κ1) is 12.4. The van der Waals surface area contributed by atoms with Crippen molar-refractivity contribution < 1.29 is 5.11 Å². The fourth-order valence-electron chi connectivity index (χ4n) is 2.09. The van der Waals surface area contributed by atoms with Gasteiger partial charge in [-0.05, 0) is 32.1 Å². The van der Waals surface area contributed by atoms with Crippen molar-refractivity contribution in [3.05, 3.63) is 5.82 Å². The molecule has 3 rings (SSSR count). The average Bonchev–Trinajstić information content (AvgIpc) is 3.28. The van der Waals surface area contributed by atoms with E-state index < -0.39 is 6.10 Å². The van der Waals surface area contributed by atoms with Gasteiger partial charge in [-0.3, -0.25) is 0 Å². The zero-order valence-corrected chi connectivity index (χ0v) is 11.3. The van der Waals surface area contributed by atoms with Gasteiger partial charge in [0.2, 0.25) is 0 Å². The Morgan fingerprint density at radius 1 is 1.33 bits per heavy atom. The van der Waals surface area contributed by atoms with Gasteiger partial charge in [0.25, 0.3) is 0 Å². The smallest absolute Gasteiger partial charge is 0.191 e. The molecule has 1 aromatic heterocycles. The van der Waals surface area contributed by atoms with Crippen LogP contribution in [0.5, 0.6) is 0 Å². The number of nitrogens with two attached hydrogens (primary N) is 1. The molecule has 1 atom stereocenters. The van der Waals surface area contributed by atoms with Crippen LogP contribution in [0.4, 0.5) is 0 Å². The van der Waals surface area contributed by atoms with Gasteiger partial charge in [-0.15, -0.1) is 10.2 Å². The van der Waals surface area contributed by atoms with Crippen molar-refractivity contribution in [2.45, 2.75) is 55.3 Å². The molecule has 2 saturated carbocycles. The summed E-state index contributed by atoms with van der Waals surface area (Å²) < 4.78 is 2.34.